The van der Waals surface area contributed by atoms with Crippen molar-refractivity contribution in [3.05, 3.63) is 61.2 Å². The molecule has 2 amide bonds. The van der Waals surface area contributed by atoms with Crippen LogP contribution in [0.1, 0.15) is 18.4 Å². The van der Waals surface area contributed by atoms with Crippen molar-refractivity contribution >= 4 is 33.7 Å². The maximum Gasteiger partial charge on any atom is 0.312 e. The predicted molar refractivity (Wildman–Crippen MR) is 132 cm³/mol. The van der Waals surface area contributed by atoms with Gasteiger partial charge in [-0.2, -0.15) is 0 Å². The monoisotopic (exact) mass is 546 g/mol. The molecule has 1 spiro atoms. The summed E-state index contributed by atoms with van der Waals surface area (Å²) in [7, 11) is 0. The van der Waals surface area contributed by atoms with Crippen molar-refractivity contribution in [2.75, 3.05) is 26.3 Å². The third kappa shape index (κ3) is 4.45. The first-order valence-electron chi connectivity index (χ1n) is 11.8. The summed E-state index contributed by atoms with van der Waals surface area (Å²) in [4.78, 5) is 43.9. The summed E-state index contributed by atoms with van der Waals surface area (Å²) in [6.45, 7) is 8.11. The molecule has 9 heteroatoms. The summed E-state index contributed by atoms with van der Waals surface area (Å²) < 4.78 is 11.8. The normalized spacial score (nSPS) is 30.7. The van der Waals surface area contributed by atoms with Crippen LogP contribution < -0.4 is 0 Å². The fourth-order valence-electron chi connectivity index (χ4n) is 5.76. The Kier molecular flexibility index (Phi) is 7.78. The highest BCUT2D eigenvalue weighted by molar-refractivity contribution is 9.09. The minimum absolute atomic E-state index is 0.0314. The molecule has 0 aromatic heterocycles. The molecule has 1 aromatic rings. The Morgan fingerprint density at radius 1 is 1.29 bits per heavy atom. The van der Waals surface area contributed by atoms with Crippen molar-refractivity contribution < 1.29 is 29.0 Å². The Morgan fingerprint density at radius 3 is 2.69 bits per heavy atom. The number of likely N-dealkylation sites (tertiary alicyclic amines) is 1. The number of alkyl halides is 1. The number of carbonyl (C=O) groups excluding carboxylic acids is 3. The summed E-state index contributed by atoms with van der Waals surface area (Å²) in [5, 5.41) is 9.47. The maximum atomic E-state index is 14.1. The Morgan fingerprint density at radius 2 is 2.03 bits per heavy atom. The molecular formula is C26H31BrN2O6. The van der Waals surface area contributed by atoms with Gasteiger partial charge in [0.25, 0.3) is 0 Å². The van der Waals surface area contributed by atoms with Crippen molar-refractivity contribution in [1.29, 1.82) is 0 Å². The van der Waals surface area contributed by atoms with E-state index in [1.807, 2.05) is 30.3 Å². The van der Waals surface area contributed by atoms with Crippen molar-refractivity contribution in [2.24, 2.45) is 11.8 Å². The summed E-state index contributed by atoms with van der Waals surface area (Å²) >= 11 is 3.63. The van der Waals surface area contributed by atoms with E-state index in [-0.39, 0.29) is 36.4 Å². The molecule has 3 aliphatic rings. The van der Waals surface area contributed by atoms with Gasteiger partial charge in [0, 0.05) is 31.1 Å². The molecule has 1 N–H and O–H groups in total. The summed E-state index contributed by atoms with van der Waals surface area (Å²) in [5.41, 5.74) is -0.208. The third-order valence-corrected chi connectivity index (χ3v) is 7.92. The highest BCUT2D eigenvalue weighted by Gasteiger charge is 2.77. The zero-order chi connectivity index (χ0) is 25.2. The second kappa shape index (κ2) is 10.6. The van der Waals surface area contributed by atoms with Gasteiger partial charge in [-0.15, -0.1) is 6.58 Å². The number of aliphatic hydroxyl groups is 1. The molecule has 0 saturated carbocycles. The number of hydrogen-bond acceptors (Lipinski definition) is 6. The zero-order valence-corrected chi connectivity index (χ0v) is 21.1. The van der Waals surface area contributed by atoms with Crippen LogP contribution in [0.2, 0.25) is 0 Å². The van der Waals surface area contributed by atoms with Crippen LogP contribution in [0.3, 0.4) is 0 Å². The lowest BCUT2D eigenvalue weighted by Crippen LogP contribution is -2.56. The van der Waals surface area contributed by atoms with Gasteiger partial charge in [0.05, 0.1) is 17.9 Å². The van der Waals surface area contributed by atoms with Crippen LogP contribution >= 0.6 is 15.9 Å². The molecule has 3 saturated heterocycles. The van der Waals surface area contributed by atoms with E-state index >= 15 is 0 Å². The number of carbonyl (C=O) groups is 3. The van der Waals surface area contributed by atoms with E-state index in [1.165, 1.54) is 11.0 Å². The van der Waals surface area contributed by atoms with Crippen LogP contribution in [0.5, 0.6) is 0 Å². The van der Waals surface area contributed by atoms with E-state index in [0.29, 0.717) is 25.9 Å². The molecule has 35 heavy (non-hydrogen) atoms. The van der Waals surface area contributed by atoms with E-state index < -0.39 is 35.6 Å². The first kappa shape index (κ1) is 25.6. The van der Waals surface area contributed by atoms with Crippen molar-refractivity contribution in [1.82, 2.24) is 9.80 Å². The lowest BCUT2D eigenvalue weighted by Gasteiger charge is -2.37. The molecule has 3 heterocycles. The molecule has 3 aliphatic heterocycles. The largest absolute Gasteiger partial charge is 0.461 e. The van der Waals surface area contributed by atoms with E-state index in [4.69, 9.17) is 9.47 Å². The number of amides is 2. The van der Waals surface area contributed by atoms with Crippen LogP contribution in [0, 0.1) is 11.8 Å². The molecule has 4 rings (SSSR count). The number of benzene rings is 1. The molecule has 8 nitrogen and oxygen atoms in total. The minimum atomic E-state index is -1.16. The van der Waals surface area contributed by atoms with Gasteiger partial charge < -0.3 is 24.4 Å². The summed E-state index contributed by atoms with van der Waals surface area (Å²) in [6.07, 6.45) is 3.28. The topological polar surface area (TPSA) is 96.4 Å². The molecule has 3 fully saturated rings. The van der Waals surface area contributed by atoms with Crippen LogP contribution in [0.15, 0.2) is 55.6 Å². The lowest BCUT2D eigenvalue weighted by atomic mass is 9.70. The highest BCUT2D eigenvalue weighted by atomic mass is 79.9. The van der Waals surface area contributed by atoms with E-state index in [9.17, 15) is 19.5 Å². The maximum absolute atomic E-state index is 14.1. The van der Waals surface area contributed by atoms with Gasteiger partial charge in [0.2, 0.25) is 11.8 Å². The zero-order valence-electron chi connectivity index (χ0n) is 19.6. The van der Waals surface area contributed by atoms with E-state index in [0.717, 1.165) is 5.56 Å². The number of ether oxygens (including phenoxy) is 2. The van der Waals surface area contributed by atoms with Crippen LogP contribution in [-0.4, -0.2) is 81.6 Å². The first-order valence-corrected chi connectivity index (χ1v) is 12.8. The van der Waals surface area contributed by atoms with Gasteiger partial charge in [-0.3, -0.25) is 14.4 Å². The summed E-state index contributed by atoms with van der Waals surface area (Å²) in [5.74, 6) is -2.74. The second-order valence-electron chi connectivity index (χ2n) is 9.18. The number of hydrogen-bond donors (Lipinski definition) is 1. The van der Waals surface area contributed by atoms with Crippen molar-refractivity contribution in [2.45, 2.75) is 42.0 Å². The van der Waals surface area contributed by atoms with Gasteiger partial charge in [-0.25, -0.2) is 0 Å². The minimum Gasteiger partial charge on any atom is -0.461 e. The average molecular weight is 547 g/mol. The Labute approximate surface area is 213 Å². The third-order valence-electron chi connectivity index (χ3n) is 7.07. The number of aliphatic hydroxyl groups excluding tert-OH is 1. The van der Waals surface area contributed by atoms with E-state index in [2.05, 4.69) is 29.1 Å². The highest BCUT2D eigenvalue weighted by Crippen LogP contribution is 2.60. The lowest BCUT2D eigenvalue weighted by molar-refractivity contribution is -0.154. The van der Waals surface area contributed by atoms with Gasteiger partial charge in [-0.1, -0.05) is 65.0 Å². The van der Waals surface area contributed by atoms with Crippen LogP contribution in [0.25, 0.3) is 0 Å². The molecule has 3 unspecified atom stereocenters. The fourth-order valence-corrected chi connectivity index (χ4v) is 6.70. The summed E-state index contributed by atoms with van der Waals surface area (Å²) in [6, 6.07) is 8.67. The van der Waals surface area contributed by atoms with Crippen LogP contribution in [-0.2, 0) is 30.4 Å². The van der Waals surface area contributed by atoms with Gasteiger partial charge in [0.1, 0.15) is 18.2 Å². The molecule has 188 valence electrons. The SMILES string of the molecule is C=CCOC(=O)[C@H]1[C@H]2C(=O)N(CCCO)C(C(=O)N(CC=C)Cc3ccccc3)C23CC(Br)[C@@H]1O3. The predicted octanol–water partition coefficient (Wildman–Crippen LogP) is 2.06. The fraction of sp³-hybridized carbons (Fsp3) is 0.500. The molecule has 2 bridgehead atoms. The number of esters is 1. The Hall–Kier alpha value is -2.49. The molecule has 6 atom stereocenters. The van der Waals surface area contributed by atoms with Gasteiger partial charge in [-0.05, 0) is 18.4 Å². The number of nitrogens with zero attached hydrogens (tertiary/aromatic N) is 2. The second-order valence-corrected chi connectivity index (χ2v) is 10.4. The Balaban J connectivity index is 1.71. The molecular weight excluding hydrogens is 516 g/mol. The standard InChI is InChI=1S/C26H31BrN2O6/c1-3-11-28(16-17-9-6-5-7-10-17)24(32)22-26-15-18(27)21(35-26)19(25(33)34-14-4-2)20(26)23(31)29(22)12-8-13-30/h3-7,9-10,18-22,30H,1-2,8,11-16H2/t18?,19-,20-,21-,22?,26?/m0/s1. The average Bonchev–Trinajstić information content (AvgIpc) is 3.44. The Bertz CT molecular complexity index is 987. The molecule has 0 aliphatic carbocycles. The molecule has 1 aromatic carbocycles. The van der Waals surface area contributed by atoms with Gasteiger partial charge in [0.15, 0.2) is 0 Å². The molecule has 0 radical (unpaired) electrons. The quantitative estimate of drug-likeness (QED) is 0.259. The van der Waals surface area contributed by atoms with Gasteiger partial charge >= 0.3 is 5.97 Å². The van der Waals surface area contributed by atoms with Crippen molar-refractivity contribution in [3.63, 3.8) is 0 Å². The number of rotatable bonds is 11. The van der Waals surface area contributed by atoms with Crippen LogP contribution in [0.4, 0.5) is 0 Å². The smallest absolute Gasteiger partial charge is 0.312 e. The van der Waals surface area contributed by atoms with E-state index in [1.54, 1.807) is 11.0 Å². The number of halogens is 1. The van der Waals surface area contributed by atoms with Crippen molar-refractivity contribution in [3.8, 4) is 0 Å². The first-order chi connectivity index (χ1) is 16.9. The number of fused-ring (bicyclic) bond motifs is 1.